The molecule has 0 spiro atoms. The van der Waals surface area contributed by atoms with Gasteiger partial charge in [0.15, 0.2) is 12.1 Å². The van der Waals surface area contributed by atoms with Gasteiger partial charge in [-0.25, -0.2) is 9.91 Å². The molecule has 3 aliphatic heterocycles. The van der Waals surface area contributed by atoms with Crippen molar-refractivity contribution < 1.29 is 23.9 Å². The van der Waals surface area contributed by atoms with E-state index in [0.29, 0.717) is 18.9 Å². The van der Waals surface area contributed by atoms with Gasteiger partial charge in [0.2, 0.25) is 0 Å². The number of allylic oxidation sites excluding steroid dienone is 1. The molecule has 0 bridgehead atoms. The van der Waals surface area contributed by atoms with Crippen LogP contribution in [0.4, 0.5) is 5.69 Å². The highest BCUT2D eigenvalue weighted by molar-refractivity contribution is 9.10. The molecule has 3 amide bonds. The molecule has 3 heterocycles. The fourth-order valence-corrected chi connectivity index (χ4v) is 7.32. The molecular formula is C36H35BrN6O5. The lowest BCUT2D eigenvalue weighted by molar-refractivity contribution is -0.136. The third-order valence-electron chi connectivity index (χ3n) is 9.04. The number of imide groups is 1. The second-order valence-electron chi connectivity index (χ2n) is 12.0. The lowest BCUT2D eigenvalue weighted by Crippen LogP contribution is -2.45. The van der Waals surface area contributed by atoms with Crippen molar-refractivity contribution in [3.05, 3.63) is 94.0 Å². The number of ether oxygens (including phenoxy) is 2. The fourth-order valence-electron chi connectivity index (χ4n) is 6.93. The summed E-state index contributed by atoms with van der Waals surface area (Å²) in [6.07, 6.45) is 4.80. The lowest BCUT2D eigenvalue weighted by atomic mass is 9.77. The van der Waals surface area contributed by atoms with E-state index in [0.717, 1.165) is 62.5 Å². The van der Waals surface area contributed by atoms with Crippen LogP contribution in [0.15, 0.2) is 98.3 Å². The van der Waals surface area contributed by atoms with Gasteiger partial charge < -0.3 is 9.47 Å². The maximum absolute atomic E-state index is 14.2. The molecule has 2 fully saturated rings. The summed E-state index contributed by atoms with van der Waals surface area (Å²) >= 11 is 3.41. The summed E-state index contributed by atoms with van der Waals surface area (Å²) in [5, 5.41) is 16.1. The van der Waals surface area contributed by atoms with Crippen molar-refractivity contribution in [1.82, 2.24) is 10.0 Å². The van der Waals surface area contributed by atoms with E-state index in [-0.39, 0.29) is 24.4 Å². The van der Waals surface area contributed by atoms with Gasteiger partial charge in [-0.1, -0.05) is 51.5 Å². The van der Waals surface area contributed by atoms with Crippen LogP contribution in [-0.4, -0.2) is 65.3 Å². The van der Waals surface area contributed by atoms with E-state index < -0.39 is 23.9 Å². The predicted octanol–water partition coefficient (Wildman–Crippen LogP) is 6.36. The number of carbonyl (C=O) groups is 3. The Morgan fingerprint density at radius 2 is 1.65 bits per heavy atom. The highest BCUT2D eigenvalue weighted by Crippen LogP contribution is 2.45. The second kappa shape index (κ2) is 13.3. The molecule has 3 aromatic rings. The molecule has 4 aliphatic rings. The molecule has 246 valence electrons. The van der Waals surface area contributed by atoms with Crippen LogP contribution in [0, 0.1) is 5.92 Å². The normalized spacial score (nSPS) is 23.9. The van der Waals surface area contributed by atoms with Gasteiger partial charge in [-0.05, 0) is 98.4 Å². The Morgan fingerprint density at radius 3 is 2.33 bits per heavy atom. The summed E-state index contributed by atoms with van der Waals surface area (Å²) in [5.41, 5.74) is 4.38. The minimum atomic E-state index is -1.01. The number of fused-ring (bicyclic) bond motifs is 2. The van der Waals surface area contributed by atoms with Gasteiger partial charge in [-0.2, -0.15) is 10.2 Å². The molecule has 0 radical (unpaired) electrons. The van der Waals surface area contributed by atoms with Crippen molar-refractivity contribution >= 4 is 51.1 Å². The molecule has 12 heteroatoms. The molecule has 4 atom stereocenters. The molecule has 0 aromatic heterocycles. The van der Waals surface area contributed by atoms with Crippen molar-refractivity contribution in [3.63, 3.8) is 0 Å². The van der Waals surface area contributed by atoms with Crippen LogP contribution in [0.5, 0.6) is 11.5 Å². The second-order valence-corrected chi connectivity index (χ2v) is 12.9. The van der Waals surface area contributed by atoms with Crippen molar-refractivity contribution in [1.29, 1.82) is 0 Å². The molecule has 11 nitrogen and oxygen atoms in total. The van der Waals surface area contributed by atoms with Crippen molar-refractivity contribution in [2.75, 3.05) is 24.7 Å². The zero-order valence-electron chi connectivity index (χ0n) is 26.7. The monoisotopic (exact) mass is 710 g/mol. The third-order valence-corrected chi connectivity index (χ3v) is 9.54. The number of rotatable bonds is 9. The van der Waals surface area contributed by atoms with E-state index in [4.69, 9.17) is 14.6 Å². The highest BCUT2D eigenvalue weighted by Gasteiger charge is 2.55. The van der Waals surface area contributed by atoms with Crippen molar-refractivity contribution in [2.45, 2.75) is 51.2 Å². The van der Waals surface area contributed by atoms with Crippen molar-refractivity contribution in [3.8, 4) is 11.5 Å². The van der Waals surface area contributed by atoms with Crippen LogP contribution in [0.1, 0.15) is 50.3 Å². The Morgan fingerprint density at radius 1 is 0.938 bits per heavy atom. The Labute approximate surface area is 287 Å². The first kappa shape index (κ1) is 31.7. The molecule has 48 heavy (non-hydrogen) atoms. The van der Waals surface area contributed by atoms with Gasteiger partial charge in [0.05, 0.1) is 30.7 Å². The predicted molar refractivity (Wildman–Crippen MR) is 183 cm³/mol. The Bertz CT molecular complexity index is 1820. The largest absolute Gasteiger partial charge is 0.494 e. The maximum atomic E-state index is 14.2. The summed E-state index contributed by atoms with van der Waals surface area (Å²) in [6, 6.07) is 20.3. The number of hydrogen-bond acceptors (Lipinski definition) is 9. The van der Waals surface area contributed by atoms with Crippen LogP contribution in [0.3, 0.4) is 0 Å². The standard InChI is InChI=1S/C36H35BrN6O5/c1-3-47-27-15-11-22(12-16-27)19-24-7-5-10-29-31(24)39-43(33(29)23-13-17-28(18-14-23)48-4-2)30(44)21-41-34-32(38-40-41)35(45)42(36(34)46)26-9-6-8-25(37)20-26/h6,8-9,11-20,29,32-34H,3-5,7,10,21H2,1-2H3/b24-19+/t29-,32+,33-,34+/m1/s1. The highest BCUT2D eigenvalue weighted by atomic mass is 79.9. The number of amides is 3. The van der Waals surface area contributed by atoms with E-state index >= 15 is 0 Å². The quantitative estimate of drug-likeness (QED) is 0.239. The van der Waals surface area contributed by atoms with E-state index in [2.05, 4.69) is 32.3 Å². The molecule has 1 aliphatic carbocycles. The molecule has 3 aromatic carbocycles. The lowest BCUT2D eigenvalue weighted by Gasteiger charge is -2.30. The van der Waals surface area contributed by atoms with Gasteiger partial charge in [-0.3, -0.25) is 19.4 Å². The maximum Gasteiger partial charge on any atom is 0.264 e. The molecule has 0 N–H and O–H groups in total. The zero-order chi connectivity index (χ0) is 33.4. The van der Waals surface area contributed by atoms with Crippen LogP contribution in [-0.2, 0) is 14.4 Å². The molecule has 1 saturated heterocycles. The van der Waals surface area contributed by atoms with Gasteiger partial charge in [-0.15, -0.1) is 0 Å². The SMILES string of the molecule is CCOc1ccc(/C=C2\CCC[C@@H]3C2=NN(C(=O)CN2N=N[C@@H]4C(=O)N(c5cccc(Br)c5)C(=O)[C@H]42)[C@@H]3c2ccc(OCC)cc2)cc1. The van der Waals surface area contributed by atoms with Gasteiger partial charge in [0.1, 0.15) is 18.0 Å². The van der Waals surface area contributed by atoms with Crippen molar-refractivity contribution in [2.24, 2.45) is 21.4 Å². The van der Waals surface area contributed by atoms with Crippen LogP contribution >= 0.6 is 15.9 Å². The minimum Gasteiger partial charge on any atom is -0.494 e. The van der Waals surface area contributed by atoms with E-state index in [1.807, 2.05) is 68.4 Å². The van der Waals surface area contributed by atoms with Gasteiger partial charge in [0, 0.05) is 10.4 Å². The smallest absolute Gasteiger partial charge is 0.264 e. The third kappa shape index (κ3) is 5.89. The van der Waals surface area contributed by atoms with Gasteiger partial charge in [0.25, 0.3) is 17.7 Å². The summed E-state index contributed by atoms with van der Waals surface area (Å²) in [4.78, 5) is 42.3. The summed E-state index contributed by atoms with van der Waals surface area (Å²) in [7, 11) is 0. The first-order chi connectivity index (χ1) is 23.4. The summed E-state index contributed by atoms with van der Waals surface area (Å²) in [5.74, 6) is 0.272. The van der Waals surface area contributed by atoms with Crippen LogP contribution in [0.2, 0.25) is 0 Å². The van der Waals surface area contributed by atoms with E-state index in [9.17, 15) is 14.4 Å². The van der Waals surface area contributed by atoms with E-state index in [1.165, 1.54) is 5.01 Å². The number of hydrazone groups is 1. The summed E-state index contributed by atoms with van der Waals surface area (Å²) in [6.45, 7) is 4.79. The number of hydrogen-bond donors (Lipinski definition) is 0. The molecular weight excluding hydrogens is 676 g/mol. The Balaban J connectivity index is 1.18. The number of benzene rings is 3. The topological polar surface area (TPSA) is 116 Å². The average molecular weight is 712 g/mol. The first-order valence-corrected chi connectivity index (χ1v) is 17.0. The molecule has 0 unspecified atom stereocenters. The minimum absolute atomic E-state index is 0.0238. The number of anilines is 1. The Kier molecular flexibility index (Phi) is 8.83. The zero-order valence-corrected chi connectivity index (χ0v) is 28.2. The Hall–Kier alpha value is -4.84. The van der Waals surface area contributed by atoms with E-state index in [1.54, 1.807) is 23.2 Å². The number of halogens is 1. The summed E-state index contributed by atoms with van der Waals surface area (Å²) < 4.78 is 12.0. The van der Waals surface area contributed by atoms with Crippen LogP contribution in [0.25, 0.3) is 6.08 Å². The average Bonchev–Trinajstić information content (AvgIpc) is 3.75. The number of carbonyl (C=O) groups excluding carboxylic acids is 3. The number of nitrogens with zero attached hydrogens (tertiary/aromatic N) is 6. The van der Waals surface area contributed by atoms with Gasteiger partial charge >= 0.3 is 0 Å². The first-order valence-electron chi connectivity index (χ1n) is 16.2. The molecule has 1 saturated carbocycles. The fraction of sp³-hybridized carbons (Fsp3) is 0.333. The van der Waals surface area contributed by atoms with Crippen LogP contribution < -0.4 is 14.4 Å². The molecule has 7 rings (SSSR count).